The standard InChI is InChI=1S/C16H31N5O3/c1-16(2,3)24-15(22)21-9-12(10-21)19-14(17-4)18-8-13-11-20(5)6-7-23-13/h12-13H,6-11H2,1-5H3,(H2,17,18,19). The van der Waals surface area contributed by atoms with Crippen molar-refractivity contribution in [3.63, 3.8) is 0 Å². The molecule has 1 amide bonds. The number of morpholine rings is 1. The maximum absolute atomic E-state index is 11.9. The van der Waals surface area contributed by atoms with Crippen LogP contribution >= 0.6 is 0 Å². The van der Waals surface area contributed by atoms with Crippen LogP contribution in [0.4, 0.5) is 4.79 Å². The van der Waals surface area contributed by atoms with Crippen molar-refractivity contribution >= 4 is 12.1 Å². The number of carbonyl (C=O) groups excluding carboxylic acids is 1. The molecule has 0 aromatic rings. The molecule has 8 nitrogen and oxygen atoms in total. The zero-order chi connectivity index (χ0) is 17.7. The van der Waals surface area contributed by atoms with Crippen LogP contribution in [0, 0.1) is 0 Å². The Morgan fingerprint density at radius 2 is 2.04 bits per heavy atom. The van der Waals surface area contributed by atoms with Gasteiger partial charge in [0.15, 0.2) is 5.96 Å². The molecule has 0 bridgehead atoms. The number of likely N-dealkylation sites (N-methyl/N-ethyl adjacent to an activating group) is 1. The van der Waals surface area contributed by atoms with Gasteiger partial charge in [0.2, 0.25) is 0 Å². The predicted molar refractivity (Wildman–Crippen MR) is 93.3 cm³/mol. The van der Waals surface area contributed by atoms with Gasteiger partial charge in [-0.3, -0.25) is 4.99 Å². The van der Waals surface area contributed by atoms with E-state index in [9.17, 15) is 4.79 Å². The van der Waals surface area contributed by atoms with Crippen LogP contribution in [-0.2, 0) is 9.47 Å². The highest BCUT2D eigenvalue weighted by Gasteiger charge is 2.34. The molecule has 24 heavy (non-hydrogen) atoms. The average molecular weight is 341 g/mol. The van der Waals surface area contributed by atoms with E-state index < -0.39 is 5.60 Å². The summed E-state index contributed by atoms with van der Waals surface area (Å²) in [7, 11) is 3.84. The second-order valence-electron chi connectivity index (χ2n) is 7.43. The molecule has 0 aliphatic carbocycles. The van der Waals surface area contributed by atoms with Gasteiger partial charge in [-0.2, -0.15) is 0 Å². The molecule has 0 radical (unpaired) electrons. The van der Waals surface area contributed by atoms with E-state index in [0.29, 0.717) is 19.6 Å². The van der Waals surface area contributed by atoms with Crippen molar-refractivity contribution in [1.29, 1.82) is 0 Å². The second kappa shape index (κ2) is 8.02. The molecule has 1 atom stereocenters. The van der Waals surface area contributed by atoms with Crippen molar-refractivity contribution in [2.24, 2.45) is 4.99 Å². The molecule has 8 heteroatoms. The molecule has 2 N–H and O–H groups in total. The molecule has 2 rings (SSSR count). The van der Waals surface area contributed by atoms with E-state index in [1.54, 1.807) is 11.9 Å². The van der Waals surface area contributed by atoms with E-state index in [1.165, 1.54) is 0 Å². The maximum atomic E-state index is 11.9. The van der Waals surface area contributed by atoms with E-state index in [1.807, 2.05) is 20.8 Å². The first kappa shape index (κ1) is 18.8. The highest BCUT2D eigenvalue weighted by atomic mass is 16.6. The van der Waals surface area contributed by atoms with Gasteiger partial charge in [0.1, 0.15) is 5.60 Å². The molecule has 2 saturated heterocycles. The molecular formula is C16H31N5O3. The van der Waals surface area contributed by atoms with E-state index >= 15 is 0 Å². The number of hydrogen-bond donors (Lipinski definition) is 2. The van der Waals surface area contributed by atoms with Crippen molar-refractivity contribution in [1.82, 2.24) is 20.4 Å². The number of nitrogens with one attached hydrogen (secondary N) is 2. The lowest BCUT2D eigenvalue weighted by Crippen LogP contribution is -2.63. The Balaban J connectivity index is 1.67. The monoisotopic (exact) mass is 341 g/mol. The number of ether oxygens (including phenoxy) is 2. The van der Waals surface area contributed by atoms with Crippen LogP contribution in [0.1, 0.15) is 20.8 Å². The van der Waals surface area contributed by atoms with Gasteiger partial charge in [0.25, 0.3) is 0 Å². The van der Waals surface area contributed by atoms with E-state index in [-0.39, 0.29) is 18.2 Å². The van der Waals surface area contributed by atoms with Crippen molar-refractivity contribution < 1.29 is 14.3 Å². The maximum Gasteiger partial charge on any atom is 0.410 e. The first-order chi connectivity index (χ1) is 11.3. The van der Waals surface area contributed by atoms with Gasteiger partial charge >= 0.3 is 6.09 Å². The quantitative estimate of drug-likeness (QED) is 0.560. The lowest BCUT2D eigenvalue weighted by atomic mass is 10.1. The van der Waals surface area contributed by atoms with Crippen LogP contribution < -0.4 is 10.6 Å². The summed E-state index contributed by atoms with van der Waals surface area (Å²) in [6.07, 6.45) is -0.0934. The van der Waals surface area contributed by atoms with Crippen molar-refractivity contribution in [3.05, 3.63) is 0 Å². The Labute approximate surface area is 144 Å². The number of nitrogens with zero attached hydrogens (tertiary/aromatic N) is 3. The molecule has 1 unspecified atom stereocenters. The third-order valence-corrected chi connectivity index (χ3v) is 3.94. The number of likely N-dealkylation sites (tertiary alicyclic amines) is 1. The van der Waals surface area contributed by atoms with Crippen LogP contribution in [-0.4, -0.2) is 93.0 Å². The van der Waals surface area contributed by atoms with Gasteiger partial charge in [-0.25, -0.2) is 4.79 Å². The van der Waals surface area contributed by atoms with Gasteiger partial charge in [-0.15, -0.1) is 0 Å². The van der Waals surface area contributed by atoms with Crippen LogP contribution in [0.2, 0.25) is 0 Å². The molecule has 0 spiro atoms. The normalized spacial score (nSPS) is 23.6. The Hall–Kier alpha value is -1.54. The molecule has 0 saturated carbocycles. The molecule has 138 valence electrons. The molecule has 0 aromatic heterocycles. The first-order valence-electron chi connectivity index (χ1n) is 8.52. The highest BCUT2D eigenvalue weighted by Crippen LogP contribution is 2.15. The average Bonchev–Trinajstić information content (AvgIpc) is 2.43. The molecule has 2 fully saturated rings. The van der Waals surface area contributed by atoms with E-state index in [0.717, 1.165) is 25.7 Å². The van der Waals surface area contributed by atoms with E-state index in [2.05, 4.69) is 27.6 Å². The fourth-order valence-electron chi connectivity index (χ4n) is 2.63. The number of rotatable bonds is 3. The Kier molecular flexibility index (Phi) is 6.28. The number of hydrogen-bond acceptors (Lipinski definition) is 5. The molecule has 2 aliphatic rings. The Morgan fingerprint density at radius 3 is 2.62 bits per heavy atom. The summed E-state index contributed by atoms with van der Waals surface area (Å²) in [6.45, 7) is 10.2. The number of guanidine groups is 1. The van der Waals surface area contributed by atoms with Crippen molar-refractivity contribution in [3.8, 4) is 0 Å². The second-order valence-corrected chi connectivity index (χ2v) is 7.43. The largest absolute Gasteiger partial charge is 0.444 e. The summed E-state index contributed by atoms with van der Waals surface area (Å²) in [6, 6.07) is 0.193. The number of aliphatic imine (C=N–C) groups is 1. The summed E-state index contributed by atoms with van der Waals surface area (Å²) >= 11 is 0. The molecule has 2 aliphatic heterocycles. The van der Waals surface area contributed by atoms with Gasteiger partial charge in [0, 0.05) is 39.8 Å². The van der Waals surface area contributed by atoms with Crippen LogP contribution in [0.3, 0.4) is 0 Å². The van der Waals surface area contributed by atoms with Crippen molar-refractivity contribution in [2.45, 2.75) is 38.5 Å². The summed E-state index contributed by atoms with van der Waals surface area (Å²) < 4.78 is 11.1. The fourth-order valence-corrected chi connectivity index (χ4v) is 2.63. The van der Waals surface area contributed by atoms with Gasteiger partial charge in [-0.05, 0) is 27.8 Å². The predicted octanol–water partition coefficient (Wildman–Crippen LogP) is 0.101. The Bertz CT molecular complexity index is 457. The minimum atomic E-state index is -0.458. The lowest BCUT2D eigenvalue weighted by Gasteiger charge is -2.40. The summed E-state index contributed by atoms with van der Waals surface area (Å²) in [5, 5.41) is 6.62. The lowest BCUT2D eigenvalue weighted by molar-refractivity contribution is -0.0162. The smallest absolute Gasteiger partial charge is 0.410 e. The zero-order valence-electron chi connectivity index (χ0n) is 15.5. The minimum absolute atomic E-state index is 0.168. The third kappa shape index (κ3) is 5.83. The van der Waals surface area contributed by atoms with Gasteiger partial charge in [-0.1, -0.05) is 0 Å². The van der Waals surface area contributed by atoms with Crippen LogP contribution in [0.25, 0.3) is 0 Å². The van der Waals surface area contributed by atoms with Gasteiger partial charge in [0.05, 0.1) is 18.8 Å². The van der Waals surface area contributed by atoms with E-state index in [4.69, 9.17) is 9.47 Å². The van der Waals surface area contributed by atoms with Crippen molar-refractivity contribution in [2.75, 3.05) is 53.4 Å². The number of amides is 1. The molecular weight excluding hydrogens is 310 g/mol. The highest BCUT2D eigenvalue weighted by molar-refractivity contribution is 5.80. The molecule has 0 aromatic carbocycles. The van der Waals surface area contributed by atoms with Gasteiger partial charge < -0.3 is 29.9 Å². The summed E-state index contributed by atoms with van der Waals surface area (Å²) in [5.41, 5.74) is -0.458. The van der Waals surface area contributed by atoms with Crippen LogP contribution in [0.15, 0.2) is 4.99 Å². The topological polar surface area (TPSA) is 78.4 Å². The molecule has 2 heterocycles. The first-order valence-corrected chi connectivity index (χ1v) is 8.52. The zero-order valence-corrected chi connectivity index (χ0v) is 15.5. The number of carbonyl (C=O) groups is 1. The SMILES string of the molecule is CN=C(NCC1CN(C)CCO1)NC1CN(C(=O)OC(C)(C)C)C1. The third-order valence-electron chi connectivity index (χ3n) is 3.94. The van der Waals surface area contributed by atoms with Crippen LogP contribution in [0.5, 0.6) is 0 Å². The summed E-state index contributed by atoms with van der Waals surface area (Å²) in [5.74, 6) is 0.737. The fraction of sp³-hybridized carbons (Fsp3) is 0.875. The Morgan fingerprint density at radius 1 is 1.33 bits per heavy atom. The minimum Gasteiger partial charge on any atom is -0.444 e. The summed E-state index contributed by atoms with van der Waals surface area (Å²) in [4.78, 5) is 20.1.